The summed E-state index contributed by atoms with van der Waals surface area (Å²) in [6, 6.07) is 0. The summed E-state index contributed by atoms with van der Waals surface area (Å²) in [7, 11) is 1.64. The van der Waals surface area contributed by atoms with Gasteiger partial charge in [-0.3, -0.25) is 0 Å². The first-order valence-corrected chi connectivity index (χ1v) is 3.74. The third-order valence-corrected chi connectivity index (χ3v) is 1.75. The first kappa shape index (κ1) is 9.25. The number of unbranched alkanes of at least 4 members (excludes halogenated alkanes) is 1. The topological polar surface area (TPSA) is 9.23 Å². The van der Waals surface area contributed by atoms with Gasteiger partial charge in [0.2, 0.25) is 0 Å². The van der Waals surface area contributed by atoms with Gasteiger partial charge in [-0.1, -0.05) is 24.9 Å². The van der Waals surface area contributed by atoms with Crippen LogP contribution in [0.5, 0.6) is 0 Å². The lowest BCUT2D eigenvalue weighted by Crippen LogP contribution is -2.18. The number of hydrogen-bond donors (Lipinski definition) is 0. The molecule has 0 saturated carbocycles. The number of rotatable bonds is 4. The zero-order valence-electron chi connectivity index (χ0n) is 6.41. The van der Waals surface area contributed by atoms with Crippen molar-refractivity contribution in [1.29, 1.82) is 0 Å². The molecule has 1 unspecified atom stereocenters. The minimum absolute atomic E-state index is 0.435. The van der Waals surface area contributed by atoms with Crippen molar-refractivity contribution in [3.8, 4) is 0 Å². The monoisotopic (exact) mass is 150 g/mol. The van der Waals surface area contributed by atoms with E-state index in [1.165, 1.54) is 6.42 Å². The molecule has 0 amide bonds. The highest BCUT2D eigenvalue weighted by molar-refractivity contribution is 6.22. The second-order valence-electron chi connectivity index (χ2n) is 2.41. The molecule has 0 aliphatic heterocycles. The molecular weight excluding hydrogens is 136 g/mol. The van der Waals surface area contributed by atoms with Crippen LogP contribution in [0.2, 0.25) is 0 Å². The highest BCUT2D eigenvalue weighted by Crippen LogP contribution is 2.21. The molecule has 9 heavy (non-hydrogen) atoms. The predicted molar refractivity (Wildman–Crippen MR) is 40.8 cm³/mol. The Bertz CT molecular complexity index is 71.3. The quantitative estimate of drug-likeness (QED) is 0.560. The van der Waals surface area contributed by atoms with Crippen LogP contribution in [0.15, 0.2) is 0 Å². The normalized spacial score (nSPS) is 17.3. The summed E-state index contributed by atoms with van der Waals surface area (Å²) in [4.78, 5) is 0. The fourth-order valence-electron chi connectivity index (χ4n) is 0.595. The average molecular weight is 151 g/mol. The molecule has 0 radical (unpaired) electrons. The molecule has 0 rings (SSSR count). The van der Waals surface area contributed by atoms with E-state index in [1.54, 1.807) is 7.11 Å². The van der Waals surface area contributed by atoms with Crippen LogP contribution in [0.1, 0.15) is 33.1 Å². The van der Waals surface area contributed by atoms with Crippen LogP contribution in [0.25, 0.3) is 0 Å². The van der Waals surface area contributed by atoms with E-state index in [2.05, 4.69) is 6.92 Å². The molecule has 0 aromatic rings. The molecule has 0 aliphatic carbocycles. The molecule has 0 aromatic heterocycles. The summed E-state index contributed by atoms with van der Waals surface area (Å²) < 4.78 is 5.01. The maximum atomic E-state index is 5.88. The van der Waals surface area contributed by atoms with Gasteiger partial charge in [0.25, 0.3) is 0 Å². The van der Waals surface area contributed by atoms with E-state index in [-0.39, 0.29) is 0 Å². The molecule has 1 nitrogen and oxygen atoms in total. The summed E-state index contributed by atoms with van der Waals surface area (Å²) in [6.07, 6.45) is 3.24. The van der Waals surface area contributed by atoms with Crippen molar-refractivity contribution in [2.75, 3.05) is 7.11 Å². The highest BCUT2D eigenvalue weighted by atomic mass is 35.5. The van der Waals surface area contributed by atoms with Gasteiger partial charge in [0.05, 0.1) is 0 Å². The van der Waals surface area contributed by atoms with E-state index in [4.69, 9.17) is 16.3 Å². The maximum Gasteiger partial charge on any atom is 0.138 e. The Morgan fingerprint density at radius 1 is 1.56 bits per heavy atom. The Balaban J connectivity index is 3.33. The van der Waals surface area contributed by atoms with Crippen LogP contribution in [0.4, 0.5) is 0 Å². The fraction of sp³-hybridized carbons (Fsp3) is 1.00. The molecule has 0 spiro atoms. The van der Waals surface area contributed by atoms with Crippen molar-refractivity contribution in [3.63, 3.8) is 0 Å². The molecule has 0 aliphatic rings. The molecule has 0 bridgehead atoms. The van der Waals surface area contributed by atoms with Gasteiger partial charge in [-0.15, -0.1) is 0 Å². The number of hydrogen-bond acceptors (Lipinski definition) is 1. The number of ether oxygens (including phenoxy) is 1. The molecule has 0 heterocycles. The van der Waals surface area contributed by atoms with Crippen LogP contribution in [0.3, 0.4) is 0 Å². The average Bonchev–Trinajstić information content (AvgIpc) is 1.84. The number of halogens is 1. The Morgan fingerprint density at radius 2 is 2.11 bits per heavy atom. The lowest BCUT2D eigenvalue weighted by Gasteiger charge is -2.18. The van der Waals surface area contributed by atoms with Crippen molar-refractivity contribution in [2.24, 2.45) is 0 Å². The third-order valence-electron chi connectivity index (χ3n) is 1.40. The van der Waals surface area contributed by atoms with Gasteiger partial charge in [0.15, 0.2) is 0 Å². The zero-order chi connectivity index (χ0) is 7.33. The molecular formula is C7H15ClO. The van der Waals surface area contributed by atoms with Gasteiger partial charge >= 0.3 is 0 Å². The minimum atomic E-state index is -0.435. The summed E-state index contributed by atoms with van der Waals surface area (Å²) in [5.74, 6) is 0. The first-order valence-electron chi connectivity index (χ1n) is 3.36. The van der Waals surface area contributed by atoms with Crippen molar-refractivity contribution < 1.29 is 4.74 Å². The van der Waals surface area contributed by atoms with E-state index in [9.17, 15) is 0 Å². The standard InChI is InChI=1S/C7H15ClO/c1-4-5-6-7(2,8)9-3/h4-6H2,1-3H3. The third kappa shape index (κ3) is 4.73. The fourth-order valence-corrected chi connectivity index (χ4v) is 0.728. The molecule has 0 N–H and O–H groups in total. The maximum absolute atomic E-state index is 5.88. The molecule has 1 atom stereocenters. The lowest BCUT2D eigenvalue weighted by atomic mass is 10.2. The highest BCUT2D eigenvalue weighted by Gasteiger charge is 2.17. The number of alkyl halides is 1. The second kappa shape index (κ2) is 4.13. The Morgan fingerprint density at radius 3 is 2.44 bits per heavy atom. The van der Waals surface area contributed by atoms with Crippen LogP contribution in [-0.2, 0) is 4.74 Å². The summed E-state index contributed by atoms with van der Waals surface area (Å²) in [5, 5.41) is -0.435. The minimum Gasteiger partial charge on any atom is -0.363 e. The Kier molecular flexibility index (Phi) is 4.24. The molecule has 2 heteroatoms. The zero-order valence-corrected chi connectivity index (χ0v) is 7.16. The van der Waals surface area contributed by atoms with Gasteiger partial charge in [-0.05, 0) is 19.8 Å². The van der Waals surface area contributed by atoms with Crippen molar-refractivity contribution in [2.45, 2.75) is 38.2 Å². The Labute approximate surface area is 62.3 Å². The number of methoxy groups -OCH3 is 1. The largest absolute Gasteiger partial charge is 0.363 e. The van der Waals surface area contributed by atoms with Crippen LogP contribution in [-0.4, -0.2) is 12.2 Å². The molecule has 56 valence electrons. The van der Waals surface area contributed by atoms with Gasteiger partial charge in [0, 0.05) is 7.11 Å². The van der Waals surface area contributed by atoms with E-state index >= 15 is 0 Å². The summed E-state index contributed by atoms with van der Waals surface area (Å²) in [5.41, 5.74) is 0. The molecule has 0 fully saturated rings. The van der Waals surface area contributed by atoms with Crippen molar-refractivity contribution in [3.05, 3.63) is 0 Å². The first-order chi connectivity index (χ1) is 4.12. The summed E-state index contributed by atoms with van der Waals surface area (Å²) in [6.45, 7) is 4.03. The summed E-state index contributed by atoms with van der Waals surface area (Å²) >= 11 is 5.88. The van der Waals surface area contributed by atoms with Crippen molar-refractivity contribution >= 4 is 11.6 Å². The smallest absolute Gasteiger partial charge is 0.138 e. The Hall–Kier alpha value is 0.250. The predicted octanol–water partition coefficient (Wildman–Crippen LogP) is 2.78. The lowest BCUT2D eigenvalue weighted by molar-refractivity contribution is 0.0706. The van der Waals surface area contributed by atoms with Crippen LogP contribution in [0, 0.1) is 0 Å². The van der Waals surface area contributed by atoms with Gasteiger partial charge in [0.1, 0.15) is 5.06 Å². The second-order valence-corrected chi connectivity index (χ2v) is 3.21. The van der Waals surface area contributed by atoms with E-state index in [0.717, 1.165) is 12.8 Å². The SMILES string of the molecule is CCCCC(C)(Cl)OC. The van der Waals surface area contributed by atoms with Gasteiger partial charge in [-0.25, -0.2) is 0 Å². The van der Waals surface area contributed by atoms with E-state index < -0.39 is 5.06 Å². The molecule has 0 aromatic carbocycles. The van der Waals surface area contributed by atoms with Crippen molar-refractivity contribution in [1.82, 2.24) is 0 Å². The van der Waals surface area contributed by atoms with Gasteiger partial charge in [-0.2, -0.15) is 0 Å². The van der Waals surface area contributed by atoms with Crippen LogP contribution >= 0.6 is 11.6 Å². The van der Waals surface area contributed by atoms with E-state index in [1.807, 2.05) is 6.92 Å². The van der Waals surface area contributed by atoms with Gasteiger partial charge < -0.3 is 4.74 Å². The molecule has 0 saturated heterocycles. The van der Waals surface area contributed by atoms with E-state index in [0.29, 0.717) is 0 Å². The van der Waals surface area contributed by atoms with Crippen LogP contribution < -0.4 is 0 Å².